The molecule has 0 aromatic rings. The number of nitrogens with zero attached hydrogens (tertiary/aromatic N) is 1. The number of carbonyl (C=O) groups is 2. The highest BCUT2D eigenvalue weighted by Gasteiger charge is 2.84. The molecule has 6 aliphatic rings. The molecule has 2 spiro atoms. The number of carbonyl (C=O) groups excluding carboxylic acids is 2. The maximum absolute atomic E-state index is 11.8. The topological polar surface area (TPSA) is 136 Å². The number of hydrogen-bond donors (Lipinski definition) is 3. The molecule has 11 nitrogen and oxygen atoms in total. The summed E-state index contributed by atoms with van der Waals surface area (Å²) in [6.07, 6.45) is 12.1. The summed E-state index contributed by atoms with van der Waals surface area (Å²) in [5, 5.41) is 25.3. The number of ether oxygens (including phenoxy) is 5. The van der Waals surface area contributed by atoms with Crippen LogP contribution >= 0.6 is 0 Å². The maximum Gasteiger partial charge on any atom is 0.303 e. The number of unbranched alkanes of at least 4 members (excludes halogenated alkanes) is 1. The Morgan fingerprint density at radius 1 is 0.982 bits per heavy atom. The Morgan fingerprint density at radius 2 is 1.74 bits per heavy atom. The molecule has 57 heavy (non-hydrogen) atoms. The smallest absolute Gasteiger partial charge is 0.303 e. The Kier molecular flexibility index (Phi) is 14.5. The van der Waals surface area contributed by atoms with Gasteiger partial charge in [-0.05, 0) is 136 Å². The number of fused-ring (bicyclic) bond motifs is 2. The van der Waals surface area contributed by atoms with Crippen LogP contribution < -0.4 is 5.32 Å². The summed E-state index contributed by atoms with van der Waals surface area (Å²) in [7, 11) is 0. The molecule has 5 saturated carbocycles. The van der Waals surface area contributed by atoms with Gasteiger partial charge in [-0.3, -0.25) is 14.5 Å². The van der Waals surface area contributed by atoms with E-state index in [1.807, 2.05) is 0 Å². The molecule has 0 aromatic heterocycles. The number of nitrogens with one attached hydrogen (secondary N) is 1. The number of amides is 1. The van der Waals surface area contributed by atoms with Crippen molar-refractivity contribution in [1.82, 2.24) is 10.2 Å². The van der Waals surface area contributed by atoms with E-state index in [2.05, 4.69) is 44.8 Å². The number of esters is 1. The highest BCUT2D eigenvalue weighted by molar-refractivity contribution is 5.75. The third-order valence-electron chi connectivity index (χ3n) is 16.9. The number of aliphatic hydroxyl groups excluding tert-OH is 1. The summed E-state index contributed by atoms with van der Waals surface area (Å²) >= 11 is 0. The standard InChI is InChI=1S/C46H80N2O9/c1-9-10-14-40(51)47-21-24-53-27-28-54-25-22-48-23-26-55-41(30-48)57-38-17-18-46-31(2)45(46)20-19-44(8)34(12-11-13-39(43(6,7)52)56-32(3)49)36(50)29-35(44)33(45)15-16-37(46)42(38,4)5/h31,33-39,41,50,52H,9-30H2,1-8H3,(H,47,51)/t31?,33?,34-,35?,36?,37?,38?,39-,41-,44?,45?,46?/m0/s1. The van der Waals surface area contributed by atoms with Crippen molar-refractivity contribution < 1.29 is 43.5 Å². The fraction of sp³-hybridized carbons (Fsp3) is 0.957. The predicted molar refractivity (Wildman–Crippen MR) is 219 cm³/mol. The normalized spacial score (nSPS) is 39.0. The Hall–Kier alpha value is -1.34. The van der Waals surface area contributed by atoms with E-state index < -0.39 is 11.7 Å². The molecule has 3 N–H and O–H groups in total. The summed E-state index contributed by atoms with van der Waals surface area (Å²) in [5.41, 5.74) is -0.207. The summed E-state index contributed by atoms with van der Waals surface area (Å²) in [4.78, 5) is 25.9. The SMILES string of the molecule is CCCCC(=O)NCCOCCOCCN1CCO[C@@H](OC2CCC34C(CCC5C6CC(O)[C@H](CCC[C@H](OC(C)=O)C(C)(C)O)C6(C)CCC53C4C)C2(C)C)C1. The first kappa shape index (κ1) is 45.2. The van der Waals surface area contributed by atoms with Gasteiger partial charge in [-0.15, -0.1) is 0 Å². The summed E-state index contributed by atoms with van der Waals surface area (Å²) in [6, 6.07) is 0. The third kappa shape index (κ3) is 9.02. The van der Waals surface area contributed by atoms with Crippen molar-refractivity contribution in [3.05, 3.63) is 0 Å². The molecule has 1 amide bonds. The van der Waals surface area contributed by atoms with Gasteiger partial charge < -0.3 is 39.2 Å². The van der Waals surface area contributed by atoms with Crippen LogP contribution in [0.2, 0.25) is 0 Å². The average molecular weight is 805 g/mol. The van der Waals surface area contributed by atoms with Crippen molar-refractivity contribution in [2.45, 2.75) is 169 Å². The van der Waals surface area contributed by atoms with Gasteiger partial charge in [-0.2, -0.15) is 0 Å². The minimum atomic E-state index is -1.09. The van der Waals surface area contributed by atoms with Gasteiger partial charge >= 0.3 is 5.97 Å². The second kappa shape index (κ2) is 18.3. The Labute approximate surface area is 344 Å². The van der Waals surface area contributed by atoms with Gasteiger partial charge in [-0.25, -0.2) is 0 Å². The molecule has 0 bridgehead atoms. The second-order valence-corrected chi connectivity index (χ2v) is 20.5. The van der Waals surface area contributed by atoms with E-state index >= 15 is 0 Å². The highest BCUT2D eigenvalue weighted by Crippen LogP contribution is 2.89. The van der Waals surface area contributed by atoms with E-state index in [0.29, 0.717) is 86.9 Å². The molecule has 11 heteroatoms. The van der Waals surface area contributed by atoms with Gasteiger partial charge in [0.15, 0.2) is 6.29 Å². The lowest BCUT2D eigenvalue weighted by atomic mass is 9.46. The van der Waals surface area contributed by atoms with Crippen LogP contribution in [0.5, 0.6) is 0 Å². The molecule has 0 radical (unpaired) electrons. The largest absolute Gasteiger partial charge is 0.460 e. The van der Waals surface area contributed by atoms with Crippen LogP contribution in [0.1, 0.15) is 139 Å². The van der Waals surface area contributed by atoms with Crippen LogP contribution in [0.3, 0.4) is 0 Å². The molecule has 9 unspecified atom stereocenters. The number of hydrogen-bond acceptors (Lipinski definition) is 10. The van der Waals surface area contributed by atoms with Gasteiger partial charge in [0.1, 0.15) is 6.10 Å². The van der Waals surface area contributed by atoms with Crippen LogP contribution in [0.4, 0.5) is 0 Å². The van der Waals surface area contributed by atoms with E-state index in [9.17, 15) is 19.8 Å². The van der Waals surface area contributed by atoms with Crippen LogP contribution in [0, 0.1) is 51.2 Å². The van der Waals surface area contributed by atoms with Crippen molar-refractivity contribution in [2.24, 2.45) is 51.2 Å². The number of morpholine rings is 1. The number of rotatable bonds is 20. The number of aliphatic hydroxyl groups is 2. The van der Waals surface area contributed by atoms with E-state index in [-0.39, 0.29) is 47.1 Å². The van der Waals surface area contributed by atoms with E-state index in [0.717, 1.165) is 58.2 Å². The van der Waals surface area contributed by atoms with Crippen molar-refractivity contribution in [2.75, 3.05) is 59.2 Å². The Bertz CT molecular complexity index is 1360. The lowest BCUT2D eigenvalue weighted by Crippen LogP contribution is -2.56. The minimum absolute atomic E-state index is 0.0471. The first-order valence-corrected chi connectivity index (χ1v) is 23.0. The average Bonchev–Trinajstić information content (AvgIpc) is 3.57. The Morgan fingerprint density at radius 3 is 2.46 bits per heavy atom. The fourth-order valence-corrected chi connectivity index (χ4v) is 14.1. The zero-order chi connectivity index (χ0) is 41.2. The zero-order valence-corrected chi connectivity index (χ0v) is 37.0. The van der Waals surface area contributed by atoms with Gasteiger partial charge in [0.05, 0.1) is 50.8 Å². The Balaban J connectivity index is 0.974. The highest BCUT2D eigenvalue weighted by atomic mass is 16.7. The zero-order valence-electron chi connectivity index (χ0n) is 37.0. The fourth-order valence-electron chi connectivity index (χ4n) is 14.1. The molecule has 1 saturated heterocycles. The summed E-state index contributed by atoms with van der Waals surface area (Å²) in [6.45, 7) is 22.8. The third-order valence-corrected chi connectivity index (χ3v) is 16.9. The molecule has 6 rings (SSSR count). The summed E-state index contributed by atoms with van der Waals surface area (Å²) in [5.74, 6) is 2.49. The van der Waals surface area contributed by atoms with Gasteiger partial charge in [0.2, 0.25) is 5.91 Å². The molecule has 5 aliphatic carbocycles. The lowest BCUT2D eigenvalue weighted by molar-refractivity contribution is -0.245. The van der Waals surface area contributed by atoms with Gasteiger partial charge in [-0.1, -0.05) is 41.0 Å². The molecule has 6 fully saturated rings. The second-order valence-electron chi connectivity index (χ2n) is 20.5. The quantitative estimate of drug-likeness (QED) is 0.0924. The van der Waals surface area contributed by atoms with E-state index in [1.165, 1.54) is 39.0 Å². The first-order valence-electron chi connectivity index (χ1n) is 23.0. The lowest BCUT2D eigenvalue weighted by Gasteiger charge is -2.59. The minimum Gasteiger partial charge on any atom is -0.460 e. The van der Waals surface area contributed by atoms with Crippen LogP contribution in [0.25, 0.3) is 0 Å². The van der Waals surface area contributed by atoms with Crippen LogP contribution in [-0.2, 0) is 33.3 Å². The first-order chi connectivity index (χ1) is 27.0. The van der Waals surface area contributed by atoms with Crippen molar-refractivity contribution in [1.29, 1.82) is 0 Å². The van der Waals surface area contributed by atoms with E-state index in [1.54, 1.807) is 13.8 Å². The molecule has 0 aromatic carbocycles. The maximum atomic E-state index is 11.8. The monoisotopic (exact) mass is 805 g/mol. The van der Waals surface area contributed by atoms with Gasteiger partial charge in [0, 0.05) is 39.5 Å². The molecule has 1 heterocycles. The molecule has 12 atom stereocenters. The van der Waals surface area contributed by atoms with Crippen molar-refractivity contribution >= 4 is 11.9 Å². The van der Waals surface area contributed by atoms with Gasteiger partial charge in [0.25, 0.3) is 0 Å². The van der Waals surface area contributed by atoms with Crippen LogP contribution in [0.15, 0.2) is 0 Å². The predicted octanol–water partition coefficient (Wildman–Crippen LogP) is 6.51. The van der Waals surface area contributed by atoms with Crippen LogP contribution in [-0.4, -0.2) is 116 Å². The van der Waals surface area contributed by atoms with Crippen molar-refractivity contribution in [3.63, 3.8) is 0 Å². The molecule has 1 aliphatic heterocycles. The van der Waals surface area contributed by atoms with Crippen molar-refractivity contribution in [3.8, 4) is 0 Å². The molecular formula is C46H80N2O9. The van der Waals surface area contributed by atoms with E-state index in [4.69, 9.17) is 23.7 Å². The molecular weight excluding hydrogens is 725 g/mol. The molecule has 328 valence electrons. The summed E-state index contributed by atoms with van der Waals surface area (Å²) < 4.78 is 30.2.